The summed E-state index contributed by atoms with van der Waals surface area (Å²) in [5.74, 6) is -1.00. The minimum absolute atomic E-state index is 0.106. The largest absolute Gasteiger partial charge is 0.462 e. The molecular formula is C64H106O6. The van der Waals surface area contributed by atoms with Crippen molar-refractivity contribution in [2.75, 3.05) is 13.2 Å². The molecule has 0 amide bonds. The lowest BCUT2D eigenvalue weighted by Crippen LogP contribution is -2.30. The molecule has 0 N–H and O–H groups in total. The van der Waals surface area contributed by atoms with Crippen molar-refractivity contribution in [2.24, 2.45) is 0 Å². The Kier molecular flexibility index (Phi) is 54.4. The third-order valence-corrected chi connectivity index (χ3v) is 12.0. The number of allylic oxidation sites excluding steroid dienone is 18. The third kappa shape index (κ3) is 55.0. The SMILES string of the molecule is CC/C=C\C/C=C\C/C=C\C/C=C\C/C=C\C/C=C\CCC(=O)OCC(COC(=O)CCCCCCCCCCCCCCCC)OC(=O)CCCCCCCC/C=C\C/C=C\C/C=C\CCCCC. The molecule has 0 saturated heterocycles. The number of unbranched alkanes of at least 4 members (excludes halogenated alkanes) is 22. The van der Waals surface area contributed by atoms with Crippen LogP contribution in [0.3, 0.4) is 0 Å². The number of hydrogen-bond acceptors (Lipinski definition) is 6. The highest BCUT2D eigenvalue weighted by molar-refractivity contribution is 5.71. The highest BCUT2D eigenvalue weighted by Gasteiger charge is 2.19. The molecule has 0 heterocycles. The van der Waals surface area contributed by atoms with Crippen LogP contribution in [0.1, 0.15) is 258 Å². The molecule has 1 unspecified atom stereocenters. The van der Waals surface area contributed by atoms with Gasteiger partial charge in [-0.05, 0) is 96.3 Å². The summed E-state index contributed by atoms with van der Waals surface area (Å²) in [7, 11) is 0. The Hall–Kier alpha value is -3.93. The van der Waals surface area contributed by atoms with Gasteiger partial charge in [0, 0.05) is 19.3 Å². The van der Waals surface area contributed by atoms with Gasteiger partial charge in [0.2, 0.25) is 0 Å². The normalized spacial score (nSPS) is 12.9. The minimum atomic E-state index is -0.816. The summed E-state index contributed by atoms with van der Waals surface area (Å²) >= 11 is 0. The van der Waals surface area contributed by atoms with E-state index in [0.29, 0.717) is 19.3 Å². The zero-order valence-corrected chi connectivity index (χ0v) is 45.5. The maximum absolute atomic E-state index is 12.9. The average Bonchev–Trinajstić information content (AvgIpc) is 3.36. The first-order chi connectivity index (χ1) is 34.5. The number of carbonyl (C=O) groups excluding carboxylic acids is 3. The van der Waals surface area contributed by atoms with Crippen LogP contribution in [-0.4, -0.2) is 37.2 Å². The molecule has 0 aromatic rings. The predicted molar refractivity (Wildman–Crippen MR) is 302 cm³/mol. The third-order valence-electron chi connectivity index (χ3n) is 12.0. The van der Waals surface area contributed by atoms with Gasteiger partial charge >= 0.3 is 17.9 Å². The lowest BCUT2D eigenvalue weighted by Gasteiger charge is -2.18. The Morgan fingerprint density at radius 2 is 0.586 bits per heavy atom. The first kappa shape index (κ1) is 66.1. The van der Waals surface area contributed by atoms with Crippen LogP contribution in [0.25, 0.3) is 0 Å². The molecule has 0 aliphatic carbocycles. The monoisotopic (exact) mass is 971 g/mol. The molecule has 6 heteroatoms. The molecule has 0 saturated carbocycles. The summed E-state index contributed by atoms with van der Waals surface area (Å²) in [6.45, 7) is 6.43. The van der Waals surface area contributed by atoms with E-state index in [1.54, 1.807) is 0 Å². The van der Waals surface area contributed by atoms with E-state index in [1.165, 1.54) is 109 Å². The number of carbonyl (C=O) groups is 3. The maximum Gasteiger partial charge on any atom is 0.306 e. The van der Waals surface area contributed by atoms with E-state index in [9.17, 15) is 14.4 Å². The van der Waals surface area contributed by atoms with Gasteiger partial charge in [0.25, 0.3) is 0 Å². The lowest BCUT2D eigenvalue weighted by molar-refractivity contribution is -0.166. The minimum Gasteiger partial charge on any atom is -0.462 e. The molecule has 0 bridgehead atoms. The summed E-state index contributed by atoms with van der Waals surface area (Å²) < 4.78 is 16.8. The second-order valence-corrected chi connectivity index (χ2v) is 18.8. The van der Waals surface area contributed by atoms with E-state index in [-0.39, 0.29) is 37.5 Å². The molecule has 6 nitrogen and oxygen atoms in total. The van der Waals surface area contributed by atoms with Crippen molar-refractivity contribution in [1.29, 1.82) is 0 Å². The van der Waals surface area contributed by atoms with Crippen molar-refractivity contribution >= 4 is 17.9 Å². The Morgan fingerprint density at radius 1 is 0.300 bits per heavy atom. The quantitative estimate of drug-likeness (QED) is 0.0262. The van der Waals surface area contributed by atoms with Crippen molar-refractivity contribution in [3.8, 4) is 0 Å². The van der Waals surface area contributed by atoms with Crippen LogP contribution < -0.4 is 0 Å². The molecule has 398 valence electrons. The van der Waals surface area contributed by atoms with Gasteiger partial charge in [0.15, 0.2) is 6.10 Å². The molecular weight excluding hydrogens is 865 g/mol. The molecule has 0 radical (unpaired) electrons. The zero-order chi connectivity index (χ0) is 50.7. The van der Waals surface area contributed by atoms with Crippen LogP contribution in [-0.2, 0) is 28.6 Å². The Morgan fingerprint density at radius 3 is 0.986 bits per heavy atom. The van der Waals surface area contributed by atoms with Gasteiger partial charge in [-0.15, -0.1) is 0 Å². The average molecular weight is 972 g/mol. The fraction of sp³-hybridized carbons (Fsp3) is 0.672. The van der Waals surface area contributed by atoms with E-state index in [0.717, 1.165) is 103 Å². The first-order valence-electron chi connectivity index (χ1n) is 28.9. The van der Waals surface area contributed by atoms with Crippen LogP contribution in [0.2, 0.25) is 0 Å². The van der Waals surface area contributed by atoms with Crippen molar-refractivity contribution in [2.45, 2.75) is 264 Å². The summed E-state index contributed by atoms with van der Waals surface area (Å²) in [6.07, 6.45) is 78.0. The summed E-state index contributed by atoms with van der Waals surface area (Å²) in [4.78, 5) is 38.1. The van der Waals surface area contributed by atoms with Crippen molar-refractivity contribution in [3.63, 3.8) is 0 Å². The zero-order valence-electron chi connectivity index (χ0n) is 45.5. The predicted octanol–water partition coefficient (Wildman–Crippen LogP) is 19.5. The van der Waals surface area contributed by atoms with Crippen molar-refractivity contribution in [1.82, 2.24) is 0 Å². The van der Waals surface area contributed by atoms with E-state index in [2.05, 4.69) is 124 Å². The summed E-state index contributed by atoms with van der Waals surface area (Å²) in [6, 6.07) is 0. The van der Waals surface area contributed by atoms with Gasteiger partial charge in [-0.25, -0.2) is 0 Å². The smallest absolute Gasteiger partial charge is 0.306 e. The van der Waals surface area contributed by atoms with Crippen molar-refractivity contribution in [3.05, 3.63) is 109 Å². The fourth-order valence-corrected chi connectivity index (χ4v) is 7.71. The second kappa shape index (κ2) is 57.6. The van der Waals surface area contributed by atoms with Gasteiger partial charge in [-0.2, -0.15) is 0 Å². The Balaban J connectivity index is 4.52. The van der Waals surface area contributed by atoms with Crippen LogP contribution >= 0.6 is 0 Å². The Labute approximate surface area is 431 Å². The topological polar surface area (TPSA) is 78.9 Å². The van der Waals surface area contributed by atoms with E-state index >= 15 is 0 Å². The number of rotatable bonds is 51. The summed E-state index contributed by atoms with van der Waals surface area (Å²) in [5, 5.41) is 0. The first-order valence-corrected chi connectivity index (χ1v) is 28.9. The van der Waals surface area contributed by atoms with Gasteiger partial charge in [-0.1, -0.05) is 252 Å². The van der Waals surface area contributed by atoms with Gasteiger partial charge in [0.1, 0.15) is 13.2 Å². The molecule has 0 aromatic carbocycles. The molecule has 0 fully saturated rings. The Bertz CT molecular complexity index is 1440. The van der Waals surface area contributed by atoms with Crippen molar-refractivity contribution < 1.29 is 28.6 Å². The van der Waals surface area contributed by atoms with Crippen LogP contribution in [0, 0.1) is 0 Å². The second-order valence-electron chi connectivity index (χ2n) is 18.8. The molecule has 70 heavy (non-hydrogen) atoms. The van der Waals surface area contributed by atoms with Gasteiger partial charge in [0.05, 0.1) is 0 Å². The molecule has 0 spiro atoms. The molecule has 0 aromatic heterocycles. The fourth-order valence-electron chi connectivity index (χ4n) is 7.71. The maximum atomic E-state index is 12.9. The summed E-state index contributed by atoms with van der Waals surface area (Å²) in [5.41, 5.74) is 0. The molecule has 1 atom stereocenters. The highest BCUT2D eigenvalue weighted by Crippen LogP contribution is 2.15. The molecule has 0 rings (SSSR count). The van der Waals surface area contributed by atoms with E-state index < -0.39 is 6.10 Å². The van der Waals surface area contributed by atoms with Gasteiger partial charge in [-0.3, -0.25) is 14.4 Å². The van der Waals surface area contributed by atoms with E-state index in [1.807, 2.05) is 6.08 Å². The van der Waals surface area contributed by atoms with Gasteiger partial charge < -0.3 is 14.2 Å². The number of esters is 3. The molecule has 0 aliphatic heterocycles. The van der Waals surface area contributed by atoms with Crippen LogP contribution in [0.5, 0.6) is 0 Å². The lowest BCUT2D eigenvalue weighted by atomic mass is 10.0. The van der Waals surface area contributed by atoms with E-state index in [4.69, 9.17) is 14.2 Å². The number of hydrogen-bond donors (Lipinski definition) is 0. The standard InChI is InChI=1S/C64H106O6/c1-4-7-10-13-16-19-22-25-28-30-32-34-36-39-42-45-48-51-54-57-63(66)69-60-61(59-68-62(65)56-53-50-47-44-41-38-27-24-21-18-15-12-9-6-3)70-64(67)58-55-52-49-46-43-40-37-35-33-31-29-26-23-20-17-14-11-8-5-2/h7,10,16-17,19-20,25-26,28-29,32-35,39,42,48,51,61H,4-6,8-9,11-15,18,21-24,27,30-31,36-38,40-41,43-47,49-50,52-60H2,1-3H3/b10-7-,19-16-,20-17-,28-25-,29-26-,34-32-,35-33-,42-39-,51-48-. The highest BCUT2D eigenvalue weighted by atomic mass is 16.6. The van der Waals surface area contributed by atoms with Crippen LogP contribution in [0.15, 0.2) is 109 Å². The number of ether oxygens (including phenoxy) is 3. The van der Waals surface area contributed by atoms with Crippen LogP contribution in [0.4, 0.5) is 0 Å². The molecule has 0 aliphatic rings.